The molecule has 1 aliphatic heterocycles. The van der Waals surface area contributed by atoms with E-state index >= 15 is 0 Å². The number of nitrogens with zero attached hydrogens (tertiary/aromatic N) is 4. The molecule has 3 rings (SSSR count). The summed E-state index contributed by atoms with van der Waals surface area (Å²) in [7, 11) is 0. The molecule has 3 heterocycles. The van der Waals surface area contributed by atoms with Crippen LogP contribution in [0.15, 0.2) is 30.6 Å². The van der Waals surface area contributed by atoms with Crippen LogP contribution >= 0.6 is 0 Å². The second-order valence-corrected chi connectivity index (χ2v) is 6.68. The number of aryl methyl sites for hydroxylation is 1. The van der Waals surface area contributed by atoms with E-state index in [1.807, 2.05) is 19.2 Å². The Morgan fingerprint density at radius 2 is 1.92 bits per heavy atom. The van der Waals surface area contributed by atoms with E-state index in [1.165, 1.54) is 6.92 Å². The van der Waals surface area contributed by atoms with Gasteiger partial charge in [-0.05, 0) is 44.2 Å². The van der Waals surface area contributed by atoms with Crippen LogP contribution in [-0.4, -0.2) is 33.9 Å². The number of piperidine rings is 1. The number of hydrogen-bond acceptors (Lipinski definition) is 5. The van der Waals surface area contributed by atoms with Gasteiger partial charge in [-0.3, -0.25) is 14.8 Å². The van der Waals surface area contributed by atoms with Gasteiger partial charge in [0.2, 0.25) is 5.91 Å². The van der Waals surface area contributed by atoms with Crippen molar-refractivity contribution >= 4 is 11.7 Å². The molecule has 0 radical (unpaired) electrons. The van der Waals surface area contributed by atoms with Crippen LogP contribution in [0, 0.1) is 12.8 Å². The summed E-state index contributed by atoms with van der Waals surface area (Å²) in [5, 5.41) is 2.73. The lowest BCUT2D eigenvalue weighted by Gasteiger charge is -2.32. The Kier molecular flexibility index (Phi) is 5.58. The summed E-state index contributed by atoms with van der Waals surface area (Å²) < 4.78 is 0. The predicted octanol–water partition coefficient (Wildman–Crippen LogP) is 2.28. The lowest BCUT2D eigenvalue weighted by Crippen LogP contribution is -2.35. The van der Waals surface area contributed by atoms with E-state index in [2.05, 4.69) is 37.3 Å². The van der Waals surface area contributed by atoms with Crippen LogP contribution in [0.3, 0.4) is 0 Å². The minimum absolute atomic E-state index is 0.0549. The molecule has 0 spiro atoms. The molecule has 2 aromatic heterocycles. The van der Waals surface area contributed by atoms with Gasteiger partial charge in [-0.15, -0.1) is 0 Å². The van der Waals surface area contributed by atoms with Gasteiger partial charge in [-0.25, -0.2) is 4.98 Å². The SMILES string of the molecule is CC(=O)NCc1cnc(CC2CCN(c3cccc(C)n3)CC2)cn1. The van der Waals surface area contributed by atoms with Crippen LogP contribution in [0.5, 0.6) is 0 Å². The molecule has 1 saturated heterocycles. The maximum Gasteiger partial charge on any atom is 0.217 e. The van der Waals surface area contributed by atoms with Gasteiger partial charge in [-0.2, -0.15) is 0 Å². The number of carbonyl (C=O) groups excluding carboxylic acids is 1. The largest absolute Gasteiger partial charge is 0.357 e. The molecular formula is C19H25N5O. The molecular weight excluding hydrogens is 314 g/mol. The van der Waals surface area contributed by atoms with Gasteiger partial charge in [0.15, 0.2) is 0 Å². The molecule has 0 aliphatic carbocycles. The molecule has 0 aromatic carbocycles. The maximum atomic E-state index is 10.9. The fraction of sp³-hybridized carbons (Fsp3) is 0.474. The predicted molar refractivity (Wildman–Crippen MR) is 97.2 cm³/mol. The van der Waals surface area contributed by atoms with Crippen LogP contribution < -0.4 is 10.2 Å². The first-order valence-electron chi connectivity index (χ1n) is 8.83. The van der Waals surface area contributed by atoms with Crippen LogP contribution in [0.4, 0.5) is 5.82 Å². The minimum atomic E-state index is -0.0549. The summed E-state index contributed by atoms with van der Waals surface area (Å²) >= 11 is 0. The molecule has 1 aliphatic rings. The Labute approximate surface area is 148 Å². The molecule has 1 amide bonds. The van der Waals surface area contributed by atoms with E-state index in [0.29, 0.717) is 12.5 Å². The second-order valence-electron chi connectivity index (χ2n) is 6.68. The van der Waals surface area contributed by atoms with Gasteiger partial charge in [0.25, 0.3) is 0 Å². The number of pyridine rings is 1. The zero-order valence-electron chi connectivity index (χ0n) is 14.9. The quantitative estimate of drug-likeness (QED) is 0.905. The van der Waals surface area contributed by atoms with Crippen molar-refractivity contribution in [2.24, 2.45) is 5.92 Å². The fourth-order valence-corrected chi connectivity index (χ4v) is 3.16. The number of carbonyl (C=O) groups is 1. The van der Waals surface area contributed by atoms with Gasteiger partial charge < -0.3 is 10.2 Å². The van der Waals surface area contributed by atoms with E-state index in [0.717, 1.165) is 55.3 Å². The number of amides is 1. The van der Waals surface area contributed by atoms with Gasteiger partial charge in [0, 0.05) is 31.9 Å². The molecule has 0 saturated carbocycles. The first kappa shape index (κ1) is 17.3. The molecule has 6 nitrogen and oxygen atoms in total. The van der Waals surface area contributed by atoms with Crippen LogP contribution in [0.1, 0.15) is 36.8 Å². The minimum Gasteiger partial charge on any atom is -0.357 e. The van der Waals surface area contributed by atoms with Crippen molar-refractivity contribution in [1.29, 1.82) is 0 Å². The summed E-state index contributed by atoms with van der Waals surface area (Å²) in [5.41, 5.74) is 2.88. The number of rotatable bonds is 5. The van der Waals surface area contributed by atoms with Gasteiger partial charge in [0.1, 0.15) is 5.82 Å². The van der Waals surface area contributed by atoms with Gasteiger partial charge >= 0.3 is 0 Å². The van der Waals surface area contributed by atoms with E-state index in [-0.39, 0.29) is 5.91 Å². The molecule has 1 N–H and O–H groups in total. The summed E-state index contributed by atoms with van der Waals surface area (Å²) in [6, 6.07) is 6.19. The standard InChI is InChI=1S/C19H25N5O/c1-14-4-3-5-19(23-14)24-8-6-16(7-9-24)10-17-11-22-18(13-21-17)12-20-15(2)25/h3-5,11,13,16H,6-10,12H2,1-2H3,(H,20,25). The molecule has 132 valence electrons. The van der Waals surface area contributed by atoms with Crippen LogP contribution in [-0.2, 0) is 17.8 Å². The first-order chi connectivity index (χ1) is 12.1. The fourth-order valence-electron chi connectivity index (χ4n) is 3.16. The number of anilines is 1. The topological polar surface area (TPSA) is 71.0 Å². The van der Waals surface area contributed by atoms with Gasteiger partial charge in [0.05, 0.1) is 24.1 Å². The van der Waals surface area contributed by atoms with Crippen LogP contribution in [0.2, 0.25) is 0 Å². The highest BCUT2D eigenvalue weighted by Crippen LogP contribution is 2.24. The first-order valence-corrected chi connectivity index (χ1v) is 8.83. The van der Waals surface area contributed by atoms with E-state index in [1.54, 1.807) is 6.20 Å². The second kappa shape index (κ2) is 8.05. The van der Waals surface area contributed by atoms with Crippen molar-refractivity contribution in [3.8, 4) is 0 Å². The lowest BCUT2D eigenvalue weighted by molar-refractivity contribution is -0.119. The molecule has 0 atom stereocenters. The van der Waals surface area contributed by atoms with Crippen molar-refractivity contribution in [1.82, 2.24) is 20.3 Å². The van der Waals surface area contributed by atoms with Crippen LogP contribution in [0.25, 0.3) is 0 Å². The molecule has 2 aromatic rings. The zero-order chi connectivity index (χ0) is 17.6. The van der Waals surface area contributed by atoms with Crippen molar-refractivity contribution in [2.45, 2.75) is 39.7 Å². The highest BCUT2D eigenvalue weighted by atomic mass is 16.1. The molecule has 6 heteroatoms. The van der Waals surface area contributed by atoms with E-state index < -0.39 is 0 Å². The lowest BCUT2D eigenvalue weighted by atomic mass is 9.92. The highest BCUT2D eigenvalue weighted by molar-refractivity contribution is 5.72. The van der Waals surface area contributed by atoms with Crippen molar-refractivity contribution in [2.75, 3.05) is 18.0 Å². The summed E-state index contributed by atoms with van der Waals surface area (Å²) in [6.45, 7) is 6.04. The highest BCUT2D eigenvalue weighted by Gasteiger charge is 2.21. The number of nitrogens with one attached hydrogen (secondary N) is 1. The summed E-state index contributed by atoms with van der Waals surface area (Å²) in [6.07, 6.45) is 6.85. The normalized spacial score (nSPS) is 15.2. The maximum absolute atomic E-state index is 10.9. The molecule has 25 heavy (non-hydrogen) atoms. The van der Waals surface area contributed by atoms with Crippen molar-refractivity contribution in [3.05, 3.63) is 47.7 Å². The summed E-state index contributed by atoms with van der Waals surface area (Å²) in [4.78, 5) is 26.8. The number of hydrogen-bond donors (Lipinski definition) is 1. The smallest absolute Gasteiger partial charge is 0.217 e. The number of aromatic nitrogens is 3. The molecule has 1 fully saturated rings. The Hall–Kier alpha value is -2.50. The van der Waals surface area contributed by atoms with Crippen molar-refractivity contribution < 1.29 is 4.79 Å². The van der Waals surface area contributed by atoms with Crippen molar-refractivity contribution in [3.63, 3.8) is 0 Å². The third-order valence-corrected chi connectivity index (χ3v) is 4.59. The zero-order valence-corrected chi connectivity index (χ0v) is 14.9. The third kappa shape index (κ3) is 4.98. The van der Waals surface area contributed by atoms with E-state index in [9.17, 15) is 4.79 Å². The molecule has 0 unspecified atom stereocenters. The average Bonchev–Trinajstić information content (AvgIpc) is 2.62. The third-order valence-electron chi connectivity index (χ3n) is 4.59. The Bertz CT molecular complexity index is 708. The monoisotopic (exact) mass is 339 g/mol. The summed E-state index contributed by atoms with van der Waals surface area (Å²) in [5.74, 6) is 1.66. The Morgan fingerprint density at radius 3 is 2.56 bits per heavy atom. The Morgan fingerprint density at radius 1 is 1.20 bits per heavy atom. The van der Waals surface area contributed by atoms with E-state index in [4.69, 9.17) is 0 Å². The molecule has 0 bridgehead atoms. The Balaban J connectivity index is 1.49. The average molecular weight is 339 g/mol. The van der Waals surface area contributed by atoms with Gasteiger partial charge in [-0.1, -0.05) is 6.07 Å².